The number of hydrogen-bond donors (Lipinski definition) is 14. The number of nitrogens with two attached hydrogens (primary N) is 3. The first-order chi connectivity index (χ1) is 25.1. The number of aliphatic hydroxyl groups excluding tert-OH is 3. The van der Waals surface area contributed by atoms with Crippen molar-refractivity contribution in [2.75, 3.05) is 31.6 Å². The molecule has 0 bridgehead atoms. The molecule has 0 saturated carbocycles. The van der Waals surface area contributed by atoms with E-state index >= 15 is 0 Å². The average molecular weight is 788 g/mol. The van der Waals surface area contributed by atoms with Crippen molar-refractivity contribution in [3.63, 3.8) is 0 Å². The van der Waals surface area contributed by atoms with Gasteiger partial charge < -0.3 is 75.1 Å². The van der Waals surface area contributed by atoms with E-state index in [1.165, 1.54) is 18.2 Å². The second-order valence-electron chi connectivity index (χ2n) is 12.0. The lowest BCUT2D eigenvalue weighted by Crippen LogP contribution is -2.64. The summed E-state index contributed by atoms with van der Waals surface area (Å²) in [7, 11) is 0. The fraction of sp³-hybridized carbons (Fsp3) is 0.500. The number of anilines is 1. The van der Waals surface area contributed by atoms with Crippen molar-refractivity contribution in [3.05, 3.63) is 40.1 Å². The number of aliphatic imine (C=N–C) groups is 1. The van der Waals surface area contributed by atoms with E-state index < -0.39 is 103 Å². The molecule has 1 aromatic rings. The van der Waals surface area contributed by atoms with Crippen molar-refractivity contribution >= 4 is 70.3 Å². The summed E-state index contributed by atoms with van der Waals surface area (Å²) in [5.41, 5.74) is 17.1. The number of carbonyl (C=O) groups excluding carboxylic acids is 6. The Morgan fingerprint density at radius 3 is 2.30 bits per heavy atom. The number of nitrogens with one attached hydrogen (secondary N) is 8. The maximum atomic E-state index is 13.8. The fourth-order valence-corrected chi connectivity index (χ4v) is 5.36. The number of aliphatic hydroxyl groups is 3. The summed E-state index contributed by atoms with van der Waals surface area (Å²) in [6.45, 7) is -2.27. The lowest BCUT2D eigenvalue weighted by molar-refractivity contribution is -0.135. The summed E-state index contributed by atoms with van der Waals surface area (Å²) in [6, 6.07) is -3.99. The molecule has 292 valence electrons. The SMILES string of the molecule is NCCC[C@H](N)CC(=O)NC1CNC(=O)[C@H](C2C[C@@H](O)N=C(N)N2)NC(=O)/C(=C/Nc2ccc(Cl)c(Cl)c2)NC(=O)[C@H](CO)NC(=O)[C@H](CO)NC1=O. The van der Waals surface area contributed by atoms with Gasteiger partial charge >= 0.3 is 0 Å². The van der Waals surface area contributed by atoms with Gasteiger partial charge in [-0.2, -0.15) is 0 Å². The van der Waals surface area contributed by atoms with Crippen LogP contribution >= 0.6 is 23.2 Å². The summed E-state index contributed by atoms with van der Waals surface area (Å²) >= 11 is 12.1. The smallest absolute Gasteiger partial charge is 0.270 e. The Labute approximate surface area is 313 Å². The molecule has 53 heavy (non-hydrogen) atoms. The molecule has 7 atom stereocenters. The number of nitrogens with zero attached hydrogens (tertiary/aromatic N) is 1. The topological polar surface area (TPSA) is 350 Å². The van der Waals surface area contributed by atoms with E-state index in [1.54, 1.807) is 0 Å². The van der Waals surface area contributed by atoms with Crippen LogP contribution in [0, 0.1) is 0 Å². The lowest BCUT2D eigenvalue weighted by atomic mass is 10.0. The second-order valence-corrected chi connectivity index (χ2v) is 12.8. The first kappa shape index (κ1) is 42.6. The van der Waals surface area contributed by atoms with E-state index in [-0.39, 0.29) is 28.8 Å². The molecule has 0 aromatic heterocycles. The van der Waals surface area contributed by atoms with Crippen LogP contribution in [-0.4, -0.2) is 126 Å². The fourth-order valence-electron chi connectivity index (χ4n) is 5.06. The summed E-state index contributed by atoms with van der Waals surface area (Å²) in [5, 5.41) is 50.1. The predicted molar refractivity (Wildman–Crippen MR) is 191 cm³/mol. The van der Waals surface area contributed by atoms with Gasteiger partial charge in [0.2, 0.25) is 29.5 Å². The normalized spacial score (nSPS) is 26.1. The monoisotopic (exact) mass is 786 g/mol. The Kier molecular flexibility index (Phi) is 16.5. The molecule has 1 saturated heterocycles. The van der Waals surface area contributed by atoms with Crippen molar-refractivity contribution < 1.29 is 44.1 Å². The van der Waals surface area contributed by atoms with Gasteiger partial charge in [-0.15, -0.1) is 0 Å². The Morgan fingerprint density at radius 2 is 1.66 bits per heavy atom. The van der Waals surface area contributed by atoms with Crippen LogP contribution in [0.1, 0.15) is 25.7 Å². The van der Waals surface area contributed by atoms with Gasteiger partial charge in [0.05, 0.1) is 29.3 Å². The number of guanidine groups is 1. The second kappa shape index (κ2) is 20.5. The highest BCUT2D eigenvalue weighted by molar-refractivity contribution is 6.42. The van der Waals surface area contributed by atoms with E-state index in [4.69, 9.17) is 40.4 Å². The van der Waals surface area contributed by atoms with Crippen LogP contribution in [-0.2, 0) is 28.8 Å². The van der Waals surface area contributed by atoms with Crippen molar-refractivity contribution in [1.29, 1.82) is 0 Å². The third-order valence-corrected chi connectivity index (χ3v) is 8.59. The molecular formula is C30H44Cl2N12O9. The summed E-state index contributed by atoms with van der Waals surface area (Å²) in [5.74, 6) is -6.30. The maximum absolute atomic E-state index is 13.8. The molecule has 1 aromatic carbocycles. The summed E-state index contributed by atoms with van der Waals surface area (Å²) < 4.78 is 0. The third kappa shape index (κ3) is 13.0. The summed E-state index contributed by atoms with van der Waals surface area (Å²) in [4.78, 5) is 84.1. The van der Waals surface area contributed by atoms with Crippen LogP contribution in [0.15, 0.2) is 35.1 Å². The molecule has 6 amide bonds. The number of amides is 6. The van der Waals surface area contributed by atoms with Crippen molar-refractivity contribution in [1.82, 2.24) is 37.2 Å². The Bertz CT molecular complexity index is 1580. The third-order valence-electron chi connectivity index (χ3n) is 7.85. The minimum Gasteiger partial charge on any atom is -0.394 e. The molecule has 3 rings (SSSR count). The lowest BCUT2D eigenvalue weighted by Gasteiger charge is -2.33. The van der Waals surface area contributed by atoms with E-state index in [0.29, 0.717) is 25.1 Å². The molecule has 2 aliphatic rings. The Morgan fingerprint density at radius 1 is 0.981 bits per heavy atom. The van der Waals surface area contributed by atoms with Gasteiger partial charge in [-0.3, -0.25) is 28.8 Å². The molecular weight excluding hydrogens is 743 g/mol. The van der Waals surface area contributed by atoms with Gasteiger partial charge in [-0.05, 0) is 37.6 Å². The Hall–Kier alpha value is -4.77. The van der Waals surface area contributed by atoms with Crippen LogP contribution in [0.5, 0.6) is 0 Å². The first-order valence-electron chi connectivity index (χ1n) is 16.3. The zero-order valence-corrected chi connectivity index (χ0v) is 29.7. The average Bonchev–Trinajstić information content (AvgIpc) is 3.10. The highest BCUT2D eigenvalue weighted by Gasteiger charge is 2.37. The molecule has 2 aliphatic heterocycles. The highest BCUT2D eigenvalue weighted by atomic mass is 35.5. The van der Waals surface area contributed by atoms with Crippen LogP contribution in [0.3, 0.4) is 0 Å². The minimum absolute atomic E-state index is 0.150. The number of halogens is 2. The van der Waals surface area contributed by atoms with Gasteiger partial charge in [0, 0.05) is 37.3 Å². The van der Waals surface area contributed by atoms with E-state index in [2.05, 4.69) is 47.5 Å². The largest absolute Gasteiger partial charge is 0.394 e. The Balaban J connectivity index is 2.04. The molecule has 17 N–H and O–H groups in total. The zero-order chi connectivity index (χ0) is 39.2. The quantitative estimate of drug-likeness (QED) is 0.0934. The molecule has 0 spiro atoms. The molecule has 2 unspecified atom stereocenters. The van der Waals surface area contributed by atoms with Crippen LogP contribution in [0.25, 0.3) is 0 Å². The van der Waals surface area contributed by atoms with E-state index in [0.717, 1.165) is 6.20 Å². The van der Waals surface area contributed by atoms with Gasteiger partial charge in [-0.25, -0.2) is 4.99 Å². The molecule has 0 radical (unpaired) electrons. The number of rotatable bonds is 11. The van der Waals surface area contributed by atoms with Gasteiger partial charge in [0.1, 0.15) is 29.9 Å². The van der Waals surface area contributed by atoms with Gasteiger partial charge in [0.15, 0.2) is 12.2 Å². The number of benzene rings is 1. The standard InChI is InChI=1S/C30H44Cl2N12O9/c31-15-4-3-14(7-16(15)32)36-9-19-26(50)44-24(17-8-23(48)43-30(35)42-17)29(53)37-10-18(38-22(47)6-13(34)2-1-5-33)25(49)40-21(12-46)28(52)41-20(11-45)27(51)39-19/h3-4,7,9,13,17-18,20-21,23-24,36,45-46,48H,1-2,5-6,8,10-12,33-34H2,(H,37,53)(H,38,47)(H,39,51)(H,40,49)(H,41,52)(H,44,50)(H3,35,42,43)/b19-9-/t13-,17?,18?,20-,21-,23+,24-/m0/s1. The van der Waals surface area contributed by atoms with Crippen molar-refractivity contribution in [2.24, 2.45) is 22.2 Å². The predicted octanol–water partition coefficient (Wildman–Crippen LogP) is -5.13. The highest BCUT2D eigenvalue weighted by Crippen LogP contribution is 2.25. The summed E-state index contributed by atoms with van der Waals surface area (Å²) in [6.07, 6.45) is 0.0929. The molecule has 23 heteroatoms. The first-order valence-corrected chi connectivity index (χ1v) is 17.1. The maximum Gasteiger partial charge on any atom is 0.270 e. The van der Waals surface area contributed by atoms with Crippen LogP contribution in [0.2, 0.25) is 10.0 Å². The number of carbonyl (C=O) groups is 6. The molecule has 2 heterocycles. The molecule has 1 fully saturated rings. The van der Waals surface area contributed by atoms with Crippen LogP contribution in [0.4, 0.5) is 5.69 Å². The molecule has 21 nitrogen and oxygen atoms in total. The van der Waals surface area contributed by atoms with Crippen molar-refractivity contribution in [2.45, 2.75) is 68.2 Å². The van der Waals surface area contributed by atoms with E-state index in [1.807, 2.05) is 0 Å². The molecule has 0 aliphatic carbocycles. The minimum atomic E-state index is -1.74. The van der Waals surface area contributed by atoms with Gasteiger partial charge in [-0.1, -0.05) is 23.2 Å². The number of hydrogen-bond acceptors (Lipinski definition) is 15. The van der Waals surface area contributed by atoms with Crippen LogP contribution < -0.4 is 59.7 Å². The van der Waals surface area contributed by atoms with Gasteiger partial charge in [0.25, 0.3) is 5.91 Å². The zero-order valence-electron chi connectivity index (χ0n) is 28.2. The van der Waals surface area contributed by atoms with Crippen molar-refractivity contribution in [3.8, 4) is 0 Å². The van der Waals surface area contributed by atoms with E-state index in [9.17, 15) is 44.1 Å².